The second-order valence-electron chi connectivity index (χ2n) is 4.12. The van der Waals surface area contributed by atoms with E-state index in [-0.39, 0.29) is 0 Å². The Morgan fingerprint density at radius 2 is 2.06 bits per heavy atom. The molecule has 0 saturated carbocycles. The molecule has 0 aliphatic carbocycles. The van der Waals surface area contributed by atoms with Crippen molar-refractivity contribution in [3.05, 3.63) is 48.2 Å². The topological polar surface area (TPSA) is 13.1 Å². The van der Waals surface area contributed by atoms with Crippen molar-refractivity contribution in [1.29, 1.82) is 0 Å². The van der Waals surface area contributed by atoms with Gasteiger partial charge in [-0.3, -0.25) is 0 Å². The van der Waals surface area contributed by atoms with Gasteiger partial charge in [-0.05, 0) is 24.3 Å². The maximum absolute atomic E-state index is 5.28. The van der Waals surface area contributed by atoms with Crippen LogP contribution < -0.4 is 9.30 Å². The molecule has 3 rings (SSSR count). The van der Waals surface area contributed by atoms with Crippen LogP contribution in [0.1, 0.15) is 18.5 Å². The molecule has 0 N–H and O–H groups in total. The summed E-state index contributed by atoms with van der Waals surface area (Å²) in [6, 6.07) is 13.0. The summed E-state index contributed by atoms with van der Waals surface area (Å²) in [6.45, 7) is 2.22. The molecule has 2 aromatic rings. The van der Waals surface area contributed by atoms with Crippen molar-refractivity contribution in [2.24, 2.45) is 0 Å². The van der Waals surface area contributed by atoms with Gasteiger partial charge in [-0.25, -0.2) is 0 Å². The Kier molecular flexibility index (Phi) is 1.96. The van der Waals surface area contributed by atoms with Crippen molar-refractivity contribution >= 4 is 0 Å². The highest BCUT2D eigenvalue weighted by molar-refractivity contribution is 5.66. The lowest BCUT2D eigenvalue weighted by Crippen LogP contribution is -2.35. The lowest BCUT2D eigenvalue weighted by atomic mass is 10.0. The SMILES string of the molecule is COc1ccc2c(c1)-c1cccc[n+]1C2C. The highest BCUT2D eigenvalue weighted by Gasteiger charge is 2.32. The van der Waals surface area contributed by atoms with Gasteiger partial charge in [0.05, 0.1) is 12.7 Å². The lowest BCUT2D eigenvalue weighted by molar-refractivity contribution is -0.694. The van der Waals surface area contributed by atoms with Crippen molar-refractivity contribution in [1.82, 2.24) is 0 Å². The van der Waals surface area contributed by atoms with Crippen LogP contribution in [-0.2, 0) is 0 Å². The molecule has 16 heavy (non-hydrogen) atoms. The fourth-order valence-corrected chi connectivity index (χ4v) is 2.42. The van der Waals surface area contributed by atoms with Gasteiger partial charge in [0.15, 0.2) is 12.2 Å². The molecule has 0 amide bonds. The molecule has 80 valence electrons. The molecule has 0 spiro atoms. The number of ether oxygens (including phenoxy) is 1. The number of rotatable bonds is 1. The molecule has 2 heterocycles. The minimum absolute atomic E-state index is 0.414. The summed E-state index contributed by atoms with van der Waals surface area (Å²) in [7, 11) is 1.71. The Morgan fingerprint density at radius 1 is 1.19 bits per heavy atom. The zero-order valence-electron chi connectivity index (χ0n) is 9.47. The third-order valence-electron chi connectivity index (χ3n) is 3.29. The lowest BCUT2D eigenvalue weighted by Gasteiger charge is -2.02. The van der Waals surface area contributed by atoms with Crippen LogP contribution >= 0.6 is 0 Å². The summed E-state index contributed by atoms with van der Waals surface area (Å²) < 4.78 is 7.58. The number of hydrogen-bond donors (Lipinski definition) is 0. The maximum Gasteiger partial charge on any atom is 0.213 e. The largest absolute Gasteiger partial charge is 0.497 e. The molecule has 1 aromatic heterocycles. The summed E-state index contributed by atoms with van der Waals surface area (Å²) >= 11 is 0. The first-order chi connectivity index (χ1) is 7.81. The van der Waals surface area contributed by atoms with Gasteiger partial charge in [-0.1, -0.05) is 0 Å². The van der Waals surface area contributed by atoms with Crippen LogP contribution in [-0.4, -0.2) is 7.11 Å². The van der Waals surface area contributed by atoms with Gasteiger partial charge in [-0.2, -0.15) is 4.57 Å². The number of aromatic nitrogens is 1. The van der Waals surface area contributed by atoms with Gasteiger partial charge in [0, 0.05) is 24.6 Å². The molecule has 0 fully saturated rings. The zero-order valence-corrected chi connectivity index (χ0v) is 9.47. The quantitative estimate of drug-likeness (QED) is 0.662. The Morgan fingerprint density at radius 3 is 2.88 bits per heavy atom. The standard InChI is InChI=1S/C14H14NO/c1-10-12-7-6-11(16-2)9-13(12)14-5-3-4-8-15(10)14/h3-10H,1-2H3/q+1. The third kappa shape index (κ3) is 1.16. The van der Waals surface area contributed by atoms with E-state index in [1.54, 1.807) is 7.11 Å². The summed E-state index contributed by atoms with van der Waals surface area (Å²) in [5.41, 5.74) is 3.92. The Labute approximate surface area is 95.1 Å². The maximum atomic E-state index is 5.28. The van der Waals surface area contributed by atoms with Crippen molar-refractivity contribution in [2.75, 3.05) is 7.11 Å². The third-order valence-corrected chi connectivity index (χ3v) is 3.29. The van der Waals surface area contributed by atoms with E-state index in [1.807, 2.05) is 6.07 Å². The Balaban J connectivity index is 2.27. The average molecular weight is 212 g/mol. The van der Waals surface area contributed by atoms with Crippen molar-refractivity contribution in [2.45, 2.75) is 13.0 Å². The number of pyridine rings is 1. The van der Waals surface area contributed by atoms with Gasteiger partial charge < -0.3 is 4.74 Å². The summed E-state index contributed by atoms with van der Waals surface area (Å²) in [5, 5.41) is 0. The van der Waals surface area contributed by atoms with Crippen LogP contribution in [0, 0.1) is 0 Å². The molecule has 1 unspecified atom stereocenters. The molecule has 1 aliphatic rings. The predicted octanol–water partition coefficient (Wildman–Crippen LogP) is 2.57. The van der Waals surface area contributed by atoms with E-state index in [4.69, 9.17) is 4.74 Å². The van der Waals surface area contributed by atoms with E-state index in [0.29, 0.717) is 6.04 Å². The fourth-order valence-electron chi connectivity index (χ4n) is 2.42. The second kappa shape index (κ2) is 3.34. The van der Waals surface area contributed by atoms with Crippen LogP contribution in [0.15, 0.2) is 42.6 Å². The predicted molar refractivity (Wildman–Crippen MR) is 62.4 cm³/mol. The van der Waals surface area contributed by atoms with Gasteiger partial charge in [0.1, 0.15) is 5.75 Å². The highest BCUT2D eigenvalue weighted by Crippen LogP contribution is 2.35. The molecule has 0 radical (unpaired) electrons. The molecule has 1 aromatic carbocycles. The summed E-state index contributed by atoms with van der Waals surface area (Å²) in [4.78, 5) is 0. The minimum atomic E-state index is 0.414. The molecular weight excluding hydrogens is 198 g/mol. The van der Waals surface area contributed by atoms with Gasteiger partial charge in [-0.15, -0.1) is 0 Å². The van der Waals surface area contributed by atoms with E-state index in [0.717, 1.165) is 5.75 Å². The van der Waals surface area contributed by atoms with Crippen LogP contribution in [0.5, 0.6) is 5.75 Å². The van der Waals surface area contributed by atoms with E-state index >= 15 is 0 Å². The van der Waals surface area contributed by atoms with Crippen LogP contribution in [0.3, 0.4) is 0 Å². The zero-order chi connectivity index (χ0) is 11.1. The highest BCUT2D eigenvalue weighted by atomic mass is 16.5. The van der Waals surface area contributed by atoms with E-state index in [9.17, 15) is 0 Å². The summed E-state index contributed by atoms with van der Waals surface area (Å²) in [5.74, 6) is 0.920. The molecule has 2 nitrogen and oxygen atoms in total. The smallest absolute Gasteiger partial charge is 0.213 e. The fraction of sp³-hybridized carbons (Fsp3) is 0.214. The van der Waals surface area contributed by atoms with E-state index < -0.39 is 0 Å². The van der Waals surface area contributed by atoms with E-state index in [1.165, 1.54) is 16.8 Å². The van der Waals surface area contributed by atoms with Crippen LogP contribution in [0.4, 0.5) is 0 Å². The number of benzene rings is 1. The minimum Gasteiger partial charge on any atom is -0.497 e. The average Bonchev–Trinajstić information content (AvgIpc) is 2.64. The van der Waals surface area contributed by atoms with Crippen molar-refractivity contribution in [3.8, 4) is 17.0 Å². The van der Waals surface area contributed by atoms with Crippen molar-refractivity contribution < 1.29 is 9.30 Å². The number of hydrogen-bond acceptors (Lipinski definition) is 1. The first-order valence-electron chi connectivity index (χ1n) is 5.50. The normalized spacial score (nSPS) is 16.8. The number of fused-ring (bicyclic) bond motifs is 3. The molecule has 0 bridgehead atoms. The molecule has 0 saturated heterocycles. The molecule has 1 atom stereocenters. The molecule has 2 heteroatoms. The van der Waals surface area contributed by atoms with Gasteiger partial charge >= 0.3 is 0 Å². The second-order valence-corrected chi connectivity index (χ2v) is 4.12. The first kappa shape index (κ1) is 9.40. The van der Waals surface area contributed by atoms with Gasteiger partial charge in [0.25, 0.3) is 0 Å². The van der Waals surface area contributed by atoms with E-state index in [2.05, 4.69) is 48.0 Å². The summed E-state index contributed by atoms with van der Waals surface area (Å²) in [6.07, 6.45) is 2.13. The molecular formula is C14H14NO+. The van der Waals surface area contributed by atoms with Crippen LogP contribution in [0.2, 0.25) is 0 Å². The Bertz CT molecular complexity index is 548. The number of nitrogens with zero attached hydrogens (tertiary/aromatic N) is 1. The Hall–Kier alpha value is -1.83. The number of methoxy groups -OCH3 is 1. The monoisotopic (exact) mass is 212 g/mol. The van der Waals surface area contributed by atoms with Crippen molar-refractivity contribution in [3.63, 3.8) is 0 Å². The first-order valence-corrected chi connectivity index (χ1v) is 5.50. The molecule has 1 aliphatic heterocycles. The van der Waals surface area contributed by atoms with Crippen LogP contribution in [0.25, 0.3) is 11.3 Å². The van der Waals surface area contributed by atoms with Gasteiger partial charge in [0.2, 0.25) is 5.69 Å².